The van der Waals surface area contributed by atoms with Crippen LogP contribution in [0.3, 0.4) is 0 Å². The number of carbonyl (C=O) groups is 2. The van der Waals surface area contributed by atoms with E-state index in [0.717, 1.165) is 67.6 Å². The van der Waals surface area contributed by atoms with E-state index >= 15 is 0 Å². The van der Waals surface area contributed by atoms with E-state index in [-0.39, 0.29) is 18.4 Å². The molecule has 0 aliphatic carbocycles. The van der Waals surface area contributed by atoms with Crippen LogP contribution in [0.1, 0.15) is 64.3 Å². The molecule has 0 fully saturated rings. The first-order valence-corrected chi connectivity index (χ1v) is 18.5. The lowest BCUT2D eigenvalue weighted by Gasteiger charge is -2.11. The molecular formula is C50H46O4. The Bertz CT molecular complexity index is 2160. The number of aryl methyl sites for hydroxylation is 2. The molecule has 6 aromatic rings. The van der Waals surface area contributed by atoms with E-state index in [1.165, 1.54) is 5.56 Å². The molecule has 0 spiro atoms. The van der Waals surface area contributed by atoms with Crippen LogP contribution in [-0.4, -0.2) is 32.1 Å². The summed E-state index contributed by atoms with van der Waals surface area (Å²) in [6.45, 7) is 2.33. The molecule has 0 saturated heterocycles. The quantitative estimate of drug-likeness (QED) is 0.0570. The highest BCUT2D eigenvalue weighted by Gasteiger charge is 2.10. The van der Waals surface area contributed by atoms with Crippen molar-refractivity contribution in [3.05, 3.63) is 202 Å². The van der Waals surface area contributed by atoms with Gasteiger partial charge in [0.25, 0.3) is 0 Å². The maximum atomic E-state index is 12.1. The fraction of sp³-hybridized carbons (Fsp3) is 0.160. The van der Waals surface area contributed by atoms with E-state index < -0.39 is 0 Å². The average Bonchev–Trinajstić information content (AvgIpc) is 3.22. The molecule has 6 aromatic carbocycles. The third-order valence-electron chi connectivity index (χ3n) is 9.41. The molecule has 0 bridgehead atoms. The molecule has 0 amide bonds. The fourth-order valence-corrected chi connectivity index (χ4v) is 6.36. The van der Waals surface area contributed by atoms with E-state index in [2.05, 4.69) is 158 Å². The number of benzene rings is 6. The zero-order chi connectivity index (χ0) is 37.5. The van der Waals surface area contributed by atoms with Crippen molar-refractivity contribution in [3.8, 4) is 11.1 Å². The molecule has 0 N–H and O–H groups in total. The van der Waals surface area contributed by atoms with Crippen molar-refractivity contribution < 1.29 is 19.1 Å². The Balaban J connectivity index is 1.19. The number of hydrogen-bond acceptors (Lipinski definition) is 4. The van der Waals surface area contributed by atoms with Crippen molar-refractivity contribution in [2.75, 3.05) is 20.3 Å². The van der Waals surface area contributed by atoms with Crippen LogP contribution >= 0.6 is 0 Å². The zero-order valence-corrected chi connectivity index (χ0v) is 31.0. The van der Waals surface area contributed by atoms with Crippen LogP contribution < -0.4 is 0 Å². The molecular weight excluding hydrogens is 665 g/mol. The molecule has 0 saturated carbocycles. The maximum absolute atomic E-state index is 12.1. The molecule has 270 valence electrons. The molecule has 0 aliphatic rings. The van der Waals surface area contributed by atoms with Crippen molar-refractivity contribution in [1.29, 1.82) is 0 Å². The largest absolute Gasteiger partial charge is 0.463 e. The van der Waals surface area contributed by atoms with Crippen molar-refractivity contribution in [3.63, 3.8) is 0 Å². The summed E-state index contributed by atoms with van der Waals surface area (Å²) in [5.41, 5.74) is 13.6. The van der Waals surface area contributed by atoms with Gasteiger partial charge in [0.15, 0.2) is 0 Å². The molecule has 4 heteroatoms. The van der Waals surface area contributed by atoms with E-state index in [0.29, 0.717) is 25.9 Å². The summed E-state index contributed by atoms with van der Waals surface area (Å²) in [5, 5.41) is 0. The first-order chi connectivity index (χ1) is 26.4. The highest BCUT2D eigenvalue weighted by Crippen LogP contribution is 2.30. The van der Waals surface area contributed by atoms with Gasteiger partial charge in [-0.15, -0.1) is 0 Å². The van der Waals surface area contributed by atoms with Crippen LogP contribution in [0, 0.1) is 0 Å². The molecule has 0 radical (unpaired) electrons. The Hall–Kier alpha value is -6.10. The summed E-state index contributed by atoms with van der Waals surface area (Å²) in [7, 11) is 1.59. The minimum Gasteiger partial charge on any atom is -0.463 e. The van der Waals surface area contributed by atoms with Crippen molar-refractivity contribution in [2.24, 2.45) is 0 Å². The number of ether oxygens (including phenoxy) is 2. The Labute approximate surface area is 319 Å². The van der Waals surface area contributed by atoms with Gasteiger partial charge in [-0.25, -0.2) is 0 Å². The van der Waals surface area contributed by atoms with Crippen LogP contribution in [0.25, 0.3) is 34.4 Å². The Morgan fingerprint density at radius 2 is 0.889 bits per heavy atom. The van der Waals surface area contributed by atoms with Gasteiger partial charge in [0.2, 0.25) is 0 Å². The summed E-state index contributed by atoms with van der Waals surface area (Å²) in [6, 6.07) is 55.3. The lowest BCUT2D eigenvalue weighted by atomic mass is 9.93. The zero-order valence-electron chi connectivity index (χ0n) is 31.0. The van der Waals surface area contributed by atoms with E-state index in [9.17, 15) is 9.59 Å². The third-order valence-corrected chi connectivity index (χ3v) is 9.41. The van der Waals surface area contributed by atoms with Crippen molar-refractivity contribution in [1.82, 2.24) is 0 Å². The second-order valence-corrected chi connectivity index (χ2v) is 13.4. The van der Waals surface area contributed by atoms with Gasteiger partial charge in [0, 0.05) is 20.0 Å². The second kappa shape index (κ2) is 19.1. The fourth-order valence-electron chi connectivity index (χ4n) is 6.36. The van der Waals surface area contributed by atoms with Crippen LogP contribution in [0.5, 0.6) is 0 Å². The molecule has 0 atom stereocenters. The third kappa shape index (κ3) is 10.7. The lowest BCUT2D eigenvalue weighted by Crippen LogP contribution is -2.10. The molecule has 0 heterocycles. The number of ketones is 1. The normalized spacial score (nSPS) is 11.7. The predicted octanol–water partition coefficient (Wildman–Crippen LogP) is 11.2. The van der Waals surface area contributed by atoms with Gasteiger partial charge in [-0.3, -0.25) is 4.79 Å². The predicted molar refractivity (Wildman–Crippen MR) is 222 cm³/mol. The maximum Gasteiger partial charge on any atom is 0.306 e. The molecule has 6 rings (SSSR count). The molecule has 4 nitrogen and oxygen atoms in total. The van der Waals surface area contributed by atoms with Gasteiger partial charge in [-0.1, -0.05) is 158 Å². The average molecular weight is 711 g/mol. The Morgan fingerprint density at radius 1 is 0.481 bits per heavy atom. The topological polar surface area (TPSA) is 52.6 Å². The highest BCUT2D eigenvalue weighted by atomic mass is 16.6. The molecule has 0 unspecified atom stereocenters. The number of Topliss-reactive ketones (excluding diaryl/α,β-unsaturated/α-hetero) is 1. The molecule has 0 aromatic heterocycles. The van der Waals surface area contributed by atoms with Gasteiger partial charge in [0.05, 0.1) is 6.61 Å². The van der Waals surface area contributed by atoms with Crippen molar-refractivity contribution >= 4 is 35.1 Å². The minimum absolute atomic E-state index is 0.212. The van der Waals surface area contributed by atoms with E-state index in [1.54, 1.807) is 14.0 Å². The van der Waals surface area contributed by atoms with Crippen LogP contribution in [0.15, 0.2) is 158 Å². The molecule has 54 heavy (non-hydrogen) atoms. The van der Waals surface area contributed by atoms with Crippen molar-refractivity contribution in [2.45, 2.75) is 32.6 Å². The first kappa shape index (κ1) is 37.7. The number of rotatable bonds is 16. The lowest BCUT2D eigenvalue weighted by molar-refractivity contribution is -0.144. The minimum atomic E-state index is -0.213. The SMILES string of the molecule is COCCOC(=O)CCc1ccc(C(=Cc2ccc(-c3ccc(C=C(c4ccccc4)c4ccc(CCC(C)=O)cc4)cc3)cc2)c2ccccc2)cc1. The Morgan fingerprint density at radius 3 is 1.30 bits per heavy atom. The summed E-state index contributed by atoms with van der Waals surface area (Å²) >= 11 is 0. The number of esters is 1. The summed E-state index contributed by atoms with van der Waals surface area (Å²) in [5.74, 6) is -0.000622. The number of hydrogen-bond donors (Lipinski definition) is 0. The summed E-state index contributed by atoms with van der Waals surface area (Å²) in [4.78, 5) is 23.5. The van der Waals surface area contributed by atoms with Gasteiger partial charge in [-0.2, -0.15) is 0 Å². The van der Waals surface area contributed by atoms with E-state index in [1.807, 2.05) is 12.1 Å². The Kier molecular flexibility index (Phi) is 13.3. The first-order valence-electron chi connectivity index (χ1n) is 18.5. The summed E-state index contributed by atoms with van der Waals surface area (Å²) < 4.78 is 10.2. The second-order valence-electron chi connectivity index (χ2n) is 13.4. The summed E-state index contributed by atoms with van der Waals surface area (Å²) in [6.07, 6.45) is 6.77. The molecule has 0 aliphatic heterocycles. The van der Waals surface area contributed by atoms with Crippen LogP contribution in [-0.2, 0) is 31.9 Å². The smallest absolute Gasteiger partial charge is 0.306 e. The standard InChI is InChI=1S/C50H46O4/c1-37(51)13-14-38-15-28-46(29-16-38)48(44-9-5-3-6-10-44)35-40-19-24-42(25-20-40)43-26-21-41(22-27-43)36-49(45-11-7-4-8-12-45)47-30-17-39(18-31-47)23-32-50(52)54-34-33-53-2/h3-12,15-22,24-31,35-36H,13-14,23,32-34H2,1-2H3. The monoisotopic (exact) mass is 710 g/mol. The van der Waals surface area contributed by atoms with Gasteiger partial charge in [0.1, 0.15) is 12.4 Å². The van der Waals surface area contributed by atoms with Gasteiger partial charge < -0.3 is 14.3 Å². The van der Waals surface area contributed by atoms with E-state index in [4.69, 9.17) is 9.47 Å². The number of carbonyl (C=O) groups excluding carboxylic acids is 2. The van der Waals surface area contributed by atoms with Gasteiger partial charge >= 0.3 is 5.97 Å². The highest BCUT2D eigenvalue weighted by molar-refractivity contribution is 5.93. The number of methoxy groups -OCH3 is 1. The van der Waals surface area contributed by atoms with Crippen LogP contribution in [0.2, 0.25) is 0 Å². The van der Waals surface area contributed by atoms with Crippen LogP contribution in [0.4, 0.5) is 0 Å². The van der Waals surface area contributed by atoms with Gasteiger partial charge in [-0.05, 0) is 98.7 Å².